The van der Waals surface area contributed by atoms with Crippen molar-refractivity contribution in [3.05, 3.63) is 90.2 Å². The summed E-state index contributed by atoms with van der Waals surface area (Å²) in [6.45, 7) is 2.04. The summed E-state index contributed by atoms with van der Waals surface area (Å²) in [6.07, 6.45) is 0.781. The zero-order chi connectivity index (χ0) is 19.5. The fourth-order valence-electron chi connectivity index (χ4n) is 3.71. The van der Waals surface area contributed by atoms with Crippen LogP contribution in [0.25, 0.3) is 0 Å². The van der Waals surface area contributed by atoms with E-state index in [1.165, 1.54) is 12.1 Å². The lowest BCUT2D eigenvalue weighted by molar-refractivity contribution is 0.254. The van der Waals surface area contributed by atoms with Crippen molar-refractivity contribution in [2.75, 3.05) is 15.5 Å². The maximum absolute atomic E-state index is 13.1. The summed E-state index contributed by atoms with van der Waals surface area (Å²) in [5, 5.41) is 6.46. The van der Waals surface area contributed by atoms with Gasteiger partial charge in [-0.25, -0.2) is 9.18 Å². The molecule has 3 aromatic rings. The number of carbonyl (C=O) groups excluding carboxylic acids is 1. The third kappa shape index (κ3) is 3.69. The molecule has 0 radical (unpaired) electrons. The van der Waals surface area contributed by atoms with Gasteiger partial charge in [0.15, 0.2) is 0 Å². The van der Waals surface area contributed by atoms with Crippen LogP contribution in [-0.4, -0.2) is 12.1 Å². The number of rotatable bonds is 3. The number of halogens is 1. The second-order valence-corrected chi connectivity index (χ2v) is 7.01. The summed E-state index contributed by atoms with van der Waals surface area (Å²) in [4.78, 5) is 14.8. The van der Waals surface area contributed by atoms with E-state index in [-0.39, 0.29) is 23.9 Å². The molecule has 0 spiro atoms. The molecule has 2 N–H and O–H groups in total. The number of urea groups is 1. The largest absolute Gasteiger partial charge is 0.378 e. The lowest BCUT2D eigenvalue weighted by Crippen LogP contribution is -2.46. The van der Waals surface area contributed by atoms with Crippen molar-refractivity contribution < 1.29 is 9.18 Å². The number of carbonyl (C=O) groups is 1. The molecule has 4 rings (SSSR count). The molecular weight excluding hydrogens is 353 g/mol. The predicted molar refractivity (Wildman–Crippen MR) is 111 cm³/mol. The lowest BCUT2D eigenvalue weighted by Gasteiger charge is -2.39. The molecule has 5 heteroatoms. The maximum atomic E-state index is 13.1. The molecule has 142 valence electrons. The second-order valence-electron chi connectivity index (χ2n) is 7.01. The van der Waals surface area contributed by atoms with Gasteiger partial charge in [0.2, 0.25) is 0 Å². The summed E-state index contributed by atoms with van der Waals surface area (Å²) in [5.41, 5.74) is 3.59. The van der Waals surface area contributed by atoms with Crippen molar-refractivity contribution in [1.29, 1.82) is 0 Å². The number of hydrogen-bond acceptors (Lipinski definition) is 2. The highest BCUT2D eigenvalue weighted by Gasteiger charge is 2.33. The van der Waals surface area contributed by atoms with E-state index < -0.39 is 0 Å². The van der Waals surface area contributed by atoms with E-state index in [0.717, 1.165) is 23.4 Å². The van der Waals surface area contributed by atoms with Crippen LogP contribution in [0.4, 0.5) is 26.2 Å². The standard InChI is InChI=1S/C23H22FN3O/c1-16-15-21(25-18-7-3-2-4-8-18)20-9-5-6-10-22(20)27(16)23(28)26-19-13-11-17(24)12-14-19/h2-14,16,21,25H,15H2,1H3,(H,26,28)/t16-,21-/m0/s1. The van der Waals surface area contributed by atoms with Gasteiger partial charge < -0.3 is 10.6 Å². The molecule has 1 aliphatic rings. The Hall–Kier alpha value is -3.34. The number of fused-ring (bicyclic) bond motifs is 1. The van der Waals surface area contributed by atoms with Gasteiger partial charge in [0.1, 0.15) is 5.82 Å². The fourth-order valence-corrected chi connectivity index (χ4v) is 3.71. The van der Waals surface area contributed by atoms with E-state index in [4.69, 9.17) is 0 Å². The number of hydrogen-bond donors (Lipinski definition) is 2. The highest BCUT2D eigenvalue weighted by Crippen LogP contribution is 2.39. The SMILES string of the molecule is C[C@H]1C[C@H](Nc2ccccc2)c2ccccc2N1C(=O)Nc1ccc(F)cc1. The molecule has 0 aliphatic carbocycles. The molecule has 2 atom stereocenters. The van der Waals surface area contributed by atoms with E-state index in [1.54, 1.807) is 17.0 Å². The third-order valence-corrected chi connectivity index (χ3v) is 5.02. The number of anilines is 3. The summed E-state index contributed by atoms with van der Waals surface area (Å²) in [7, 11) is 0. The van der Waals surface area contributed by atoms with E-state index in [9.17, 15) is 9.18 Å². The minimum Gasteiger partial charge on any atom is -0.378 e. The van der Waals surface area contributed by atoms with E-state index in [2.05, 4.69) is 16.7 Å². The minimum atomic E-state index is -0.329. The fraction of sp³-hybridized carbons (Fsp3) is 0.174. The van der Waals surface area contributed by atoms with E-state index in [1.807, 2.05) is 55.5 Å². The van der Waals surface area contributed by atoms with Crippen LogP contribution in [0, 0.1) is 5.82 Å². The molecular formula is C23H22FN3O. The van der Waals surface area contributed by atoms with Crippen molar-refractivity contribution in [3.8, 4) is 0 Å². The van der Waals surface area contributed by atoms with Gasteiger partial charge in [-0.3, -0.25) is 4.90 Å². The van der Waals surface area contributed by atoms with Crippen molar-refractivity contribution in [1.82, 2.24) is 0 Å². The van der Waals surface area contributed by atoms with E-state index >= 15 is 0 Å². The summed E-state index contributed by atoms with van der Waals surface area (Å²) in [5.74, 6) is -0.329. The van der Waals surface area contributed by atoms with Crippen molar-refractivity contribution >= 4 is 23.1 Å². The van der Waals surface area contributed by atoms with Gasteiger partial charge in [-0.05, 0) is 61.4 Å². The van der Waals surface area contributed by atoms with Crippen LogP contribution in [0.15, 0.2) is 78.9 Å². The molecule has 2 amide bonds. The molecule has 28 heavy (non-hydrogen) atoms. The predicted octanol–water partition coefficient (Wildman–Crippen LogP) is 5.81. The number of amides is 2. The van der Waals surface area contributed by atoms with Gasteiger partial charge in [-0.1, -0.05) is 36.4 Å². The normalized spacial score (nSPS) is 18.3. The van der Waals surface area contributed by atoms with Crippen LogP contribution in [-0.2, 0) is 0 Å². The molecule has 0 saturated carbocycles. The van der Waals surface area contributed by atoms with Crippen LogP contribution < -0.4 is 15.5 Å². The first-order valence-electron chi connectivity index (χ1n) is 9.38. The quantitative estimate of drug-likeness (QED) is 0.607. The molecule has 4 nitrogen and oxygen atoms in total. The van der Waals surface area contributed by atoms with Crippen molar-refractivity contribution in [3.63, 3.8) is 0 Å². The minimum absolute atomic E-state index is 0.00318. The highest BCUT2D eigenvalue weighted by atomic mass is 19.1. The number of nitrogens with zero attached hydrogens (tertiary/aromatic N) is 1. The Morgan fingerprint density at radius 2 is 1.61 bits per heavy atom. The molecule has 1 heterocycles. The summed E-state index contributed by atoms with van der Waals surface area (Å²) in [6, 6.07) is 23.7. The van der Waals surface area contributed by atoms with Gasteiger partial charge in [0.25, 0.3) is 0 Å². The lowest BCUT2D eigenvalue weighted by atomic mass is 9.91. The number of benzene rings is 3. The summed E-state index contributed by atoms with van der Waals surface area (Å²) >= 11 is 0. The first kappa shape index (κ1) is 18.0. The Kier molecular flexibility index (Phi) is 4.98. The smallest absolute Gasteiger partial charge is 0.326 e. The monoisotopic (exact) mass is 375 g/mol. The second kappa shape index (κ2) is 7.72. The first-order valence-corrected chi connectivity index (χ1v) is 9.38. The molecule has 0 aromatic heterocycles. The molecule has 1 aliphatic heterocycles. The molecule has 0 bridgehead atoms. The Morgan fingerprint density at radius 1 is 0.929 bits per heavy atom. The van der Waals surface area contributed by atoms with Crippen molar-refractivity contribution in [2.24, 2.45) is 0 Å². The van der Waals surface area contributed by atoms with Gasteiger partial charge in [0.05, 0.1) is 11.7 Å². The topological polar surface area (TPSA) is 44.4 Å². The summed E-state index contributed by atoms with van der Waals surface area (Å²) < 4.78 is 13.1. The van der Waals surface area contributed by atoms with Gasteiger partial charge in [-0.2, -0.15) is 0 Å². The average Bonchev–Trinajstić information content (AvgIpc) is 2.70. The Labute approximate surface area is 164 Å². The molecule has 0 unspecified atom stereocenters. The maximum Gasteiger partial charge on any atom is 0.326 e. The van der Waals surface area contributed by atoms with Crippen LogP contribution in [0.5, 0.6) is 0 Å². The highest BCUT2D eigenvalue weighted by molar-refractivity contribution is 6.03. The number of para-hydroxylation sites is 2. The van der Waals surface area contributed by atoms with Gasteiger partial charge in [-0.15, -0.1) is 0 Å². The van der Waals surface area contributed by atoms with Crippen LogP contribution in [0.3, 0.4) is 0 Å². The van der Waals surface area contributed by atoms with Crippen LogP contribution in [0.2, 0.25) is 0 Å². The van der Waals surface area contributed by atoms with Crippen molar-refractivity contribution in [2.45, 2.75) is 25.4 Å². The Balaban J connectivity index is 1.60. The molecule has 0 saturated heterocycles. The van der Waals surface area contributed by atoms with Gasteiger partial charge >= 0.3 is 6.03 Å². The van der Waals surface area contributed by atoms with Crippen LogP contribution >= 0.6 is 0 Å². The van der Waals surface area contributed by atoms with E-state index in [0.29, 0.717) is 5.69 Å². The van der Waals surface area contributed by atoms with Crippen LogP contribution in [0.1, 0.15) is 24.9 Å². The molecule has 0 fully saturated rings. The van der Waals surface area contributed by atoms with Gasteiger partial charge in [0, 0.05) is 17.4 Å². The Bertz CT molecular complexity index is 959. The Morgan fingerprint density at radius 3 is 2.36 bits per heavy atom. The zero-order valence-electron chi connectivity index (χ0n) is 15.6. The first-order chi connectivity index (χ1) is 13.6. The number of nitrogens with one attached hydrogen (secondary N) is 2. The molecule has 3 aromatic carbocycles. The zero-order valence-corrected chi connectivity index (χ0v) is 15.6. The third-order valence-electron chi connectivity index (χ3n) is 5.02. The average molecular weight is 375 g/mol.